The molecule has 1 heterocycles. The molecule has 0 amide bonds. The van der Waals surface area contributed by atoms with Gasteiger partial charge in [0.1, 0.15) is 0 Å². The zero-order chi connectivity index (χ0) is 14.2. The molecular formula is C13H16N4O2S. The van der Waals surface area contributed by atoms with Gasteiger partial charge in [0.15, 0.2) is 0 Å². The zero-order valence-corrected chi connectivity index (χ0v) is 11.7. The van der Waals surface area contributed by atoms with E-state index in [1.807, 2.05) is 34.5 Å². The molecule has 1 aromatic heterocycles. The topological polar surface area (TPSA) is 81.3 Å². The third-order valence-electron chi connectivity index (χ3n) is 2.62. The molecule has 0 fully saturated rings. The van der Waals surface area contributed by atoms with Crippen LogP contribution in [0.4, 0.5) is 16.5 Å². The molecule has 0 bridgehead atoms. The van der Waals surface area contributed by atoms with E-state index < -0.39 is 0 Å². The van der Waals surface area contributed by atoms with Crippen molar-refractivity contribution >= 4 is 27.8 Å². The Hall–Kier alpha value is -1.83. The van der Waals surface area contributed by atoms with E-state index in [1.54, 1.807) is 6.20 Å². The number of aliphatic hydroxyl groups excluding tert-OH is 2. The van der Waals surface area contributed by atoms with Crippen LogP contribution < -0.4 is 4.90 Å². The van der Waals surface area contributed by atoms with E-state index in [1.165, 1.54) is 11.3 Å². The maximum Gasteiger partial charge on any atom is 0.229 e. The Morgan fingerprint density at radius 3 is 2.30 bits per heavy atom. The van der Waals surface area contributed by atoms with E-state index in [9.17, 15) is 0 Å². The van der Waals surface area contributed by atoms with Crippen molar-refractivity contribution in [3.63, 3.8) is 0 Å². The molecule has 0 aliphatic rings. The molecule has 7 heteroatoms. The highest BCUT2D eigenvalue weighted by Gasteiger charge is 2.04. The predicted octanol–water partition coefficient (Wildman–Crippen LogP) is 2.35. The van der Waals surface area contributed by atoms with Crippen LogP contribution >= 0.6 is 11.3 Å². The van der Waals surface area contributed by atoms with Crippen molar-refractivity contribution in [1.82, 2.24) is 4.98 Å². The maximum absolute atomic E-state index is 9.01. The highest BCUT2D eigenvalue weighted by Crippen LogP contribution is 2.22. The summed E-state index contributed by atoms with van der Waals surface area (Å²) in [6, 6.07) is 7.46. The number of thiazole rings is 1. The van der Waals surface area contributed by atoms with Gasteiger partial charge < -0.3 is 15.1 Å². The summed E-state index contributed by atoms with van der Waals surface area (Å²) >= 11 is 1.43. The fourth-order valence-corrected chi connectivity index (χ4v) is 2.16. The normalized spacial score (nSPS) is 11.1. The lowest BCUT2D eigenvalue weighted by atomic mass is 10.2. The lowest BCUT2D eigenvalue weighted by Crippen LogP contribution is -2.29. The third kappa shape index (κ3) is 4.09. The second-order valence-electron chi connectivity index (χ2n) is 3.97. The molecule has 20 heavy (non-hydrogen) atoms. The van der Waals surface area contributed by atoms with Crippen LogP contribution in [0.25, 0.3) is 0 Å². The number of nitrogens with zero attached hydrogens (tertiary/aromatic N) is 4. The number of rotatable bonds is 7. The van der Waals surface area contributed by atoms with E-state index in [2.05, 4.69) is 15.2 Å². The summed E-state index contributed by atoms with van der Waals surface area (Å²) in [4.78, 5) is 5.92. The first-order chi connectivity index (χ1) is 9.83. The summed E-state index contributed by atoms with van der Waals surface area (Å²) < 4.78 is 0. The van der Waals surface area contributed by atoms with Crippen LogP contribution in [0.15, 0.2) is 46.1 Å². The monoisotopic (exact) mass is 292 g/mol. The Bertz CT molecular complexity index is 522. The van der Waals surface area contributed by atoms with Crippen LogP contribution in [-0.2, 0) is 0 Å². The van der Waals surface area contributed by atoms with Gasteiger partial charge in [-0.2, -0.15) is 0 Å². The molecule has 1 aromatic carbocycles. The number of benzene rings is 1. The fraction of sp³-hybridized carbons (Fsp3) is 0.308. The van der Waals surface area contributed by atoms with Crippen LogP contribution in [0.3, 0.4) is 0 Å². The first kappa shape index (κ1) is 14.6. The van der Waals surface area contributed by atoms with Crippen molar-refractivity contribution in [1.29, 1.82) is 0 Å². The first-order valence-corrected chi connectivity index (χ1v) is 7.09. The molecule has 0 saturated carbocycles. The van der Waals surface area contributed by atoms with Gasteiger partial charge in [-0.05, 0) is 24.3 Å². The van der Waals surface area contributed by atoms with Gasteiger partial charge in [-0.25, -0.2) is 4.98 Å². The van der Waals surface area contributed by atoms with Crippen LogP contribution in [-0.4, -0.2) is 41.5 Å². The molecule has 0 aliphatic carbocycles. The van der Waals surface area contributed by atoms with Gasteiger partial charge in [0.2, 0.25) is 5.13 Å². The first-order valence-electron chi connectivity index (χ1n) is 6.21. The van der Waals surface area contributed by atoms with Gasteiger partial charge in [-0.3, -0.25) is 0 Å². The van der Waals surface area contributed by atoms with Crippen LogP contribution in [0.5, 0.6) is 0 Å². The number of azo groups is 1. The molecule has 0 spiro atoms. The number of hydrogen-bond donors (Lipinski definition) is 2. The quantitative estimate of drug-likeness (QED) is 0.768. The Kier molecular flexibility index (Phi) is 5.60. The Balaban J connectivity index is 2.05. The van der Waals surface area contributed by atoms with Crippen molar-refractivity contribution in [3.05, 3.63) is 35.8 Å². The number of aliphatic hydroxyl groups is 2. The minimum Gasteiger partial charge on any atom is -0.395 e. The summed E-state index contributed by atoms with van der Waals surface area (Å²) in [6.07, 6.45) is 1.68. The Morgan fingerprint density at radius 1 is 1.05 bits per heavy atom. The lowest BCUT2D eigenvalue weighted by Gasteiger charge is -2.22. The SMILES string of the molecule is OCCN(CCO)c1ccc(/N=N/c2nccs2)cc1. The maximum atomic E-state index is 9.01. The van der Waals surface area contributed by atoms with Crippen molar-refractivity contribution in [2.24, 2.45) is 10.2 Å². The second-order valence-corrected chi connectivity index (χ2v) is 4.84. The molecule has 0 aliphatic heterocycles. The lowest BCUT2D eigenvalue weighted by molar-refractivity contribution is 0.281. The smallest absolute Gasteiger partial charge is 0.229 e. The highest BCUT2D eigenvalue weighted by molar-refractivity contribution is 7.13. The molecule has 0 radical (unpaired) electrons. The summed E-state index contributed by atoms with van der Waals surface area (Å²) in [5.41, 5.74) is 1.66. The van der Waals surface area contributed by atoms with E-state index in [4.69, 9.17) is 10.2 Å². The second kappa shape index (κ2) is 7.68. The summed E-state index contributed by atoms with van der Waals surface area (Å²) in [6.45, 7) is 1.07. The molecule has 0 saturated heterocycles. The molecule has 0 atom stereocenters. The van der Waals surface area contributed by atoms with Crippen molar-refractivity contribution in [2.45, 2.75) is 0 Å². The summed E-state index contributed by atoms with van der Waals surface area (Å²) in [5, 5.41) is 28.6. The fourth-order valence-electron chi connectivity index (χ4n) is 1.71. The zero-order valence-electron chi connectivity index (χ0n) is 10.9. The average Bonchev–Trinajstić information content (AvgIpc) is 2.99. The Morgan fingerprint density at radius 2 is 1.75 bits per heavy atom. The Labute approximate surface area is 121 Å². The minimum atomic E-state index is 0.0471. The van der Waals surface area contributed by atoms with Crippen molar-refractivity contribution in [2.75, 3.05) is 31.2 Å². The van der Waals surface area contributed by atoms with Gasteiger partial charge in [0, 0.05) is 30.4 Å². The van der Waals surface area contributed by atoms with E-state index in [-0.39, 0.29) is 13.2 Å². The van der Waals surface area contributed by atoms with Gasteiger partial charge in [-0.15, -0.1) is 21.6 Å². The van der Waals surface area contributed by atoms with Gasteiger partial charge in [0.05, 0.1) is 18.9 Å². The van der Waals surface area contributed by atoms with Crippen molar-refractivity contribution < 1.29 is 10.2 Å². The number of hydrogen-bond acceptors (Lipinski definition) is 7. The third-order valence-corrected chi connectivity index (χ3v) is 3.28. The molecular weight excluding hydrogens is 276 g/mol. The molecule has 2 aromatic rings. The van der Waals surface area contributed by atoms with E-state index in [0.717, 1.165) is 11.4 Å². The van der Waals surface area contributed by atoms with Gasteiger partial charge >= 0.3 is 0 Å². The van der Waals surface area contributed by atoms with E-state index >= 15 is 0 Å². The van der Waals surface area contributed by atoms with E-state index in [0.29, 0.717) is 18.2 Å². The molecule has 2 N–H and O–H groups in total. The predicted molar refractivity (Wildman–Crippen MR) is 79.1 cm³/mol. The summed E-state index contributed by atoms with van der Waals surface area (Å²) in [5.74, 6) is 0. The average molecular weight is 292 g/mol. The largest absolute Gasteiger partial charge is 0.395 e. The summed E-state index contributed by atoms with van der Waals surface area (Å²) in [7, 11) is 0. The minimum absolute atomic E-state index is 0.0471. The van der Waals surface area contributed by atoms with Crippen molar-refractivity contribution in [3.8, 4) is 0 Å². The van der Waals surface area contributed by atoms with Gasteiger partial charge in [0.25, 0.3) is 0 Å². The molecule has 6 nitrogen and oxygen atoms in total. The van der Waals surface area contributed by atoms with Crippen LogP contribution in [0.1, 0.15) is 0 Å². The van der Waals surface area contributed by atoms with Gasteiger partial charge in [-0.1, -0.05) is 0 Å². The highest BCUT2D eigenvalue weighted by atomic mass is 32.1. The number of anilines is 1. The molecule has 0 unspecified atom stereocenters. The van der Waals surface area contributed by atoms with Crippen LogP contribution in [0.2, 0.25) is 0 Å². The molecule has 106 valence electrons. The van der Waals surface area contributed by atoms with Crippen LogP contribution in [0, 0.1) is 0 Å². The number of aromatic nitrogens is 1. The molecule has 2 rings (SSSR count). The standard InChI is InChI=1S/C13H16N4O2S/c18-8-6-17(7-9-19)12-3-1-11(2-4-12)15-16-13-14-5-10-20-13/h1-5,10,18-19H,6-9H2/b16-15+.